The van der Waals surface area contributed by atoms with Crippen LogP contribution in [0.15, 0.2) is 36.4 Å². The fourth-order valence-electron chi connectivity index (χ4n) is 2.91. The molecule has 25 heavy (non-hydrogen) atoms. The van der Waals surface area contributed by atoms with Crippen LogP contribution in [-0.4, -0.2) is 35.0 Å². The van der Waals surface area contributed by atoms with Crippen LogP contribution in [0.1, 0.15) is 27.0 Å². The first-order chi connectivity index (χ1) is 11.9. The molecule has 0 unspecified atom stereocenters. The molecule has 130 valence electrons. The Kier molecular flexibility index (Phi) is 4.95. The van der Waals surface area contributed by atoms with Crippen LogP contribution >= 0.6 is 11.6 Å². The van der Waals surface area contributed by atoms with E-state index in [1.54, 1.807) is 35.2 Å². The van der Waals surface area contributed by atoms with Gasteiger partial charge >= 0.3 is 5.97 Å². The van der Waals surface area contributed by atoms with Gasteiger partial charge in [-0.2, -0.15) is 0 Å². The number of carbonyl (C=O) groups is 2. The Balaban J connectivity index is 1.65. The summed E-state index contributed by atoms with van der Waals surface area (Å²) in [6.07, 6.45) is 0.709. The number of halogens is 1. The standard InChI is InChI=1S/C19H18ClNO4/c1-12-8-16(20)4-5-17(12)25-11-18(22)21-7-6-13-2-3-14(19(23)24)9-15(13)10-21/h2-5,8-9H,6-7,10-11H2,1H3,(H,23,24). The minimum absolute atomic E-state index is 0.0591. The number of nitrogens with zero attached hydrogens (tertiary/aromatic N) is 1. The van der Waals surface area contributed by atoms with Crippen molar-refractivity contribution >= 4 is 23.5 Å². The monoisotopic (exact) mass is 359 g/mol. The highest BCUT2D eigenvalue weighted by atomic mass is 35.5. The molecule has 5 nitrogen and oxygen atoms in total. The summed E-state index contributed by atoms with van der Waals surface area (Å²) in [5, 5.41) is 9.73. The van der Waals surface area contributed by atoms with Crippen molar-refractivity contribution in [1.29, 1.82) is 0 Å². The Hall–Kier alpha value is -2.53. The molecular formula is C19H18ClNO4. The van der Waals surface area contributed by atoms with Gasteiger partial charge in [-0.05, 0) is 60.4 Å². The van der Waals surface area contributed by atoms with E-state index >= 15 is 0 Å². The van der Waals surface area contributed by atoms with Crippen LogP contribution in [-0.2, 0) is 17.8 Å². The fourth-order valence-corrected chi connectivity index (χ4v) is 3.14. The average Bonchev–Trinajstić information content (AvgIpc) is 2.59. The molecule has 3 rings (SSSR count). The van der Waals surface area contributed by atoms with Crippen molar-refractivity contribution < 1.29 is 19.4 Å². The number of aromatic carboxylic acids is 1. The number of hydrogen-bond acceptors (Lipinski definition) is 3. The summed E-state index contributed by atoms with van der Waals surface area (Å²) in [6, 6.07) is 10.3. The lowest BCUT2D eigenvalue weighted by atomic mass is 9.97. The summed E-state index contributed by atoms with van der Waals surface area (Å²) in [5.41, 5.74) is 3.07. The number of fused-ring (bicyclic) bond motifs is 1. The molecule has 0 aromatic heterocycles. The molecule has 1 amide bonds. The van der Waals surface area contributed by atoms with E-state index < -0.39 is 5.97 Å². The van der Waals surface area contributed by atoms with E-state index in [0.717, 1.165) is 16.7 Å². The molecule has 2 aromatic carbocycles. The molecule has 0 radical (unpaired) electrons. The minimum atomic E-state index is -0.965. The van der Waals surface area contributed by atoms with E-state index in [9.17, 15) is 9.59 Å². The summed E-state index contributed by atoms with van der Waals surface area (Å²) in [5.74, 6) is -0.461. The van der Waals surface area contributed by atoms with Crippen molar-refractivity contribution in [3.8, 4) is 5.75 Å². The van der Waals surface area contributed by atoms with E-state index in [4.69, 9.17) is 21.4 Å². The van der Waals surface area contributed by atoms with E-state index in [0.29, 0.717) is 30.3 Å². The molecule has 2 aromatic rings. The van der Waals surface area contributed by atoms with E-state index in [2.05, 4.69) is 0 Å². The zero-order valence-electron chi connectivity index (χ0n) is 13.8. The predicted molar refractivity (Wildman–Crippen MR) is 94.2 cm³/mol. The summed E-state index contributed by atoms with van der Waals surface area (Å²) in [7, 11) is 0. The van der Waals surface area contributed by atoms with Gasteiger partial charge in [-0.3, -0.25) is 4.79 Å². The fraction of sp³-hybridized carbons (Fsp3) is 0.263. The van der Waals surface area contributed by atoms with Crippen LogP contribution in [0.5, 0.6) is 5.75 Å². The minimum Gasteiger partial charge on any atom is -0.483 e. The zero-order valence-corrected chi connectivity index (χ0v) is 14.5. The Morgan fingerprint density at radius 1 is 1.20 bits per heavy atom. The summed E-state index contributed by atoms with van der Waals surface area (Å²) >= 11 is 5.91. The van der Waals surface area contributed by atoms with Crippen LogP contribution in [0.3, 0.4) is 0 Å². The van der Waals surface area contributed by atoms with Crippen LogP contribution in [0, 0.1) is 6.92 Å². The summed E-state index contributed by atoms with van der Waals surface area (Å²) in [6.45, 7) is 2.81. The third-order valence-corrected chi connectivity index (χ3v) is 4.54. The van der Waals surface area contributed by atoms with Crippen molar-refractivity contribution in [3.63, 3.8) is 0 Å². The maximum atomic E-state index is 12.4. The molecule has 6 heteroatoms. The first-order valence-electron chi connectivity index (χ1n) is 7.96. The molecule has 0 fully saturated rings. The lowest BCUT2D eigenvalue weighted by molar-refractivity contribution is -0.134. The topological polar surface area (TPSA) is 66.8 Å². The lowest BCUT2D eigenvalue weighted by Gasteiger charge is -2.29. The molecule has 0 bridgehead atoms. The number of hydrogen-bond donors (Lipinski definition) is 1. The highest BCUT2D eigenvalue weighted by Gasteiger charge is 2.22. The maximum absolute atomic E-state index is 12.4. The smallest absolute Gasteiger partial charge is 0.335 e. The second-order valence-electron chi connectivity index (χ2n) is 6.05. The molecule has 1 N–H and O–H groups in total. The predicted octanol–water partition coefficient (Wildman–Crippen LogP) is 3.31. The van der Waals surface area contributed by atoms with Gasteiger partial charge in [-0.25, -0.2) is 4.79 Å². The quantitative estimate of drug-likeness (QED) is 0.909. The van der Waals surface area contributed by atoms with Gasteiger partial charge in [-0.1, -0.05) is 17.7 Å². The Bertz CT molecular complexity index is 834. The third kappa shape index (κ3) is 3.94. The van der Waals surface area contributed by atoms with Crippen molar-refractivity contribution in [2.45, 2.75) is 19.9 Å². The number of benzene rings is 2. The first-order valence-corrected chi connectivity index (χ1v) is 8.33. The number of ether oxygens (including phenoxy) is 1. The number of carboxylic acids is 1. The molecule has 0 saturated carbocycles. The number of amides is 1. The summed E-state index contributed by atoms with van der Waals surface area (Å²) < 4.78 is 5.61. The highest BCUT2D eigenvalue weighted by molar-refractivity contribution is 6.30. The lowest BCUT2D eigenvalue weighted by Crippen LogP contribution is -2.39. The largest absolute Gasteiger partial charge is 0.483 e. The van der Waals surface area contributed by atoms with Crippen LogP contribution in [0.4, 0.5) is 0 Å². The van der Waals surface area contributed by atoms with Crippen LogP contribution in [0.2, 0.25) is 5.02 Å². The molecule has 0 saturated heterocycles. The number of carboxylic acid groups (broad SMARTS) is 1. The SMILES string of the molecule is Cc1cc(Cl)ccc1OCC(=O)N1CCc2ccc(C(=O)O)cc2C1. The normalized spacial score (nSPS) is 13.3. The van der Waals surface area contributed by atoms with Gasteiger partial charge in [0.15, 0.2) is 6.61 Å². The summed E-state index contributed by atoms with van der Waals surface area (Å²) in [4.78, 5) is 25.2. The highest BCUT2D eigenvalue weighted by Crippen LogP contribution is 2.23. The molecule has 1 aliphatic heterocycles. The Labute approximate surface area is 150 Å². The molecule has 0 aliphatic carbocycles. The first kappa shape index (κ1) is 17.3. The third-order valence-electron chi connectivity index (χ3n) is 4.31. The van der Waals surface area contributed by atoms with Crippen molar-refractivity contribution in [1.82, 2.24) is 4.90 Å². The molecule has 1 aliphatic rings. The number of rotatable bonds is 4. The Morgan fingerprint density at radius 2 is 2.00 bits per heavy atom. The molecule has 0 atom stereocenters. The second-order valence-corrected chi connectivity index (χ2v) is 6.49. The van der Waals surface area contributed by atoms with Gasteiger partial charge < -0.3 is 14.7 Å². The maximum Gasteiger partial charge on any atom is 0.335 e. The van der Waals surface area contributed by atoms with E-state index in [-0.39, 0.29) is 18.1 Å². The van der Waals surface area contributed by atoms with Crippen molar-refractivity contribution in [3.05, 3.63) is 63.7 Å². The molecule has 1 heterocycles. The van der Waals surface area contributed by atoms with Gasteiger partial charge in [-0.15, -0.1) is 0 Å². The van der Waals surface area contributed by atoms with Gasteiger partial charge in [0.25, 0.3) is 5.91 Å². The van der Waals surface area contributed by atoms with Crippen LogP contribution < -0.4 is 4.74 Å². The number of aryl methyl sites for hydroxylation is 1. The van der Waals surface area contributed by atoms with Gasteiger partial charge in [0.2, 0.25) is 0 Å². The van der Waals surface area contributed by atoms with Gasteiger partial charge in [0.1, 0.15) is 5.75 Å². The molecule has 0 spiro atoms. The van der Waals surface area contributed by atoms with Crippen molar-refractivity contribution in [2.75, 3.05) is 13.2 Å². The van der Waals surface area contributed by atoms with Crippen LogP contribution in [0.25, 0.3) is 0 Å². The van der Waals surface area contributed by atoms with Crippen molar-refractivity contribution in [2.24, 2.45) is 0 Å². The zero-order chi connectivity index (χ0) is 18.0. The number of carbonyl (C=O) groups excluding carboxylic acids is 1. The second kappa shape index (κ2) is 7.15. The average molecular weight is 360 g/mol. The molecular weight excluding hydrogens is 342 g/mol. The van der Waals surface area contributed by atoms with E-state index in [1.807, 2.05) is 13.0 Å². The van der Waals surface area contributed by atoms with Gasteiger partial charge in [0.05, 0.1) is 5.56 Å². The van der Waals surface area contributed by atoms with Gasteiger partial charge in [0, 0.05) is 18.1 Å². The Morgan fingerprint density at radius 3 is 2.72 bits per heavy atom. The van der Waals surface area contributed by atoms with E-state index in [1.165, 1.54) is 0 Å².